The molecule has 2 fully saturated rings. The van der Waals surface area contributed by atoms with Crippen molar-refractivity contribution in [3.05, 3.63) is 0 Å². The predicted octanol–water partition coefficient (Wildman–Crippen LogP) is 1.43. The zero-order chi connectivity index (χ0) is 12.3. The molecule has 106 valence electrons. The predicted molar refractivity (Wildman–Crippen MR) is 74.0 cm³/mol. The van der Waals surface area contributed by atoms with E-state index in [-0.39, 0.29) is 18.4 Å². The van der Waals surface area contributed by atoms with E-state index >= 15 is 0 Å². The van der Waals surface area contributed by atoms with E-state index in [2.05, 4.69) is 24.1 Å². The van der Waals surface area contributed by atoms with Crippen molar-refractivity contribution in [2.24, 2.45) is 5.92 Å². The van der Waals surface area contributed by atoms with Crippen LogP contribution in [0.15, 0.2) is 0 Å². The number of ether oxygens (including phenoxy) is 1. The van der Waals surface area contributed by atoms with Crippen LogP contribution >= 0.6 is 12.4 Å². The average molecular weight is 277 g/mol. The Kier molecular flexibility index (Phi) is 6.39. The van der Waals surface area contributed by atoms with Crippen LogP contribution in [0.1, 0.15) is 33.1 Å². The molecule has 1 N–H and O–H groups in total. The Morgan fingerprint density at radius 2 is 2.17 bits per heavy atom. The van der Waals surface area contributed by atoms with Gasteiger partial charge in [-0.3, -0.25) is 4.79 Å². The summed E-state index contributed by atoms with van der Waals surface area (Å²) < 4.78 is 5.39. The lowest BCUT2D eigenvalue weighted by atomic mass is 10.1. The number of nitrogens with zero attached hydrogens (tertiary/aromatic N) is 1. The highest BCUT2D eigenvalue weighted by Crippen LogP contribution is 2.28. The largest absolute Gasteiger partial charge is 0.378 e. The minimum atomic E-state index is 0. The minimum absolute atomic E-state index is 0. The minimum Gasteiger partial charge on any atom is -0.378 e. The van der Waals surface area contributed by atoms with Gasteiger partial charge in [0.25, 0.3) is 0 Å². The second-order valence-electron chi connectivity index (χ2n) is 5.60. The molecule has 0 aromatic rings. The van der Waals surface area contributed by atoms with E-state index in [0.29, 0.717) is 30.9 Å². The maximum absolute atomic E-state index is 12.3. The lowest BCUT2D eigenvalue weighted by Crippen LogP contribution is -2.46. The molecule has 1 saturated carbocycles. The van der Waals surface area contributed by atoms with Gasteiger partial charge in [0.15, 0.2) is 0 Å². The standard InChI is InChI=1S/C13H24N2O2.ClH/c1-10(2)8-15(12-3-4-12)13(16)7-11-9-17-6-5-14-11;/h10-12,14H,3-9H2,1-2H3;1H. The number of halogens is 1. The maximum Gasteiger partial charge on any atom is 0.224 e. The van der Waals surface area contributed by atoms with Crippen LogP contribution in [0.5, 0.6) is 0 Å². The quantitative estimate of drug-likeness (QED) is 0.826. The molecule has 18 heavy (non-hydrogen) atoms. The van der Waals surface area contributed by atoms with Crippen molar-refractivity contribution >= 4 is 18.3 Å². The molecule has 1 atom stereocenters. The van der Waals surface area contributed by atoms with Crippen molar-refractivity contribution in [3.63, 3.8) is 0 Å². The van der Waals surface area contributed by atoms with E-state index in [4.69, 9.17) is 4.74 Å². The fraction of sp³-hybridized carbons (Fsp3) is 0.923. The van der Waals surface area contributed by atoms with Crippen LogP contribution in [0.25, 0.3) is 0 Å². The first kappa shape index (κ1) is 15.7. The first-order valence-electron chi connectivity index (χ1n) is 6.77. The number of rotatable bonds is 5. The Hall–Kier alpha value is -0.320. The molecular formula is C13H25ClN2O2. The molecule has 0 aromatic carbocycles. The van der Waals surface area contributed by atoms with Gasteiger partial charge in [-0.2, -0.15) is 0 Å². The number of morpholine rings is 1. The zero-order valence-electron chi connectivity index (χ0n) is 11.4. The summed E-state index contributed by atoms with van der Waals surface area (Å²) in [5.41, 5.74) is 0. The van der Waals surface area contributed by atoms with Crippen LogP contribution in [0, 0.1) is 5.92 Å². The van der Waals surface area contributed by atoms with E-state index in [1.165, 1.54) is 12.8 Å². The van der Waals surface area contributed by atoms with Gasteiger partial charge in [0.05, 0.1) is 13.2 Å². The summed E-state index contributed by atoms with van der Waals surface area (Å²) in [6, 6.07) is 0.735. The maximum atomic E-state index is 12.3. The smallest absolute Gasteiger partial charge is 0.224 e. The highest BCUT2D eigenvalue weighted by Gasteiger charge is 2.33. The van der Waals surface area contributed by atoms with Crippen molar-refractivity contribution < 1.29 is 9.53 Å². The molecule has 1 heterocycles. The average Bonchev–Trinajstić information content (AvgIpc) is 3.10. The van der Waals surface area contributed by atoms with Crippen LogP contribution in [-0.4, -0.2) is 49.2 Å². The number of hydrogen-bond acceptors (Lipinski definition) is 3. The Balaban J connectivity index is 0.00000162. The van der Waals surface area contributed by atoms with Crippen molar-refractivity contribution in [1.82, 2.24) is 10.2 Å². The summed E-state index contributed by atoms with van der Waals surface area (Å²) in [6.07, 6.45) is 2.96. The third kappa shape index (κ3) is 4.75. The second-order valence-corrected chi connectivity index (χ2v) is 5.60. The third-order valence-electron chi connectivity index (χ3n) is 3.29. The van der Waals surface area contributed by atoms with Gasteiger partial charge in [-0.15, -0.1) is 12.4 Å². The fourth-order valence-electron chi connectivity index (χ4n) is 2.31. The van der Waals surface area contributed by atoms with Crippen molar-refractivity contribution in [2.75, 3.05) is 26.3 Å². The highest BCUT2D eigenvalue weighted by atomic mass is 35.5. The summed E-state index contributed by atoms with van der Waals surface area (Å²) >= 11 is 0. The molecule has 4 nitrogen and oxygen atoms in total. The molecule has 0 spiro atoms. The van der Waals surface area contributed by atoms with E-state index < -0.39 is 0 Å². The van der Waals surface area contributed by atoms with Gasteiger partial charge in [-0.25, -0.2) is 0 Å². The van der Waals surface area contributed by atoms with Crippen LogP contribution in [0.2, 0.25) is 0 Å². The number of hydrogen-bond donors (Lipinski definition) is 1. The van der Waals surface area contributed by atoms with Crippen LogP contribution < -0.4 is 5.32 Å². The van der Waals surface area contributed by atoms with E-state index in [1.54, 1.807) is 0 Å². The number of carbonyl (C=O) groups excluding carboxylic acids is 1. The summed E-state index contributed by atoms with van der Waals surface area (Å²) in [7, 11) is 0. The Bertz CT molecular complexity index is 264. The lowest BCUT2D eigenvalue weighted by Gasteiger charge is -2.28. The van der Waals surface area contributed by atoms with Crippen LogP contribution in [-0.2, 0) is 9.53 Å². The topological polar surface area (TPSA) is 41.6 Å². The first-order chi connectivity index (χ1) is 8.16. The second kappa shape index (κ2) is 7.31. The van der Waals surface area contributed by atoms with Crippen molar-refractivity contribution in [1.29, 1.82) is 0 Å². The Morgan fingerprint density at radius 1 is 1.44 bits per heavy atom. The normalized spacial score (nSPS) is 23.6. The van der Waals surface area contributed by atoms with Gasteiger partial charge < -0.3 is 15.0 Å². The monoisotopic (exact) mass is 276 g/mol. The molecule has 1 aliphatic carbocycles. The van der Waals surface area contributed by atoms with Gasteiger partial charge in [0.2, 0.25) is 5.91 Å². The molecule has 1 saturated heterocycles. The van der Waals surface area contributed by atoms with Crippen molar-refractivity contribution in [3.8, 4) is 0 Å². The molecule has 1 unspecified atom stereocenters. The molecule has 0 aromatic heterocycles. The zero-order valence-corrected chi connectivity index (χ0v) is 12.2. The summed E-state index contributed by atoms with van der Waals surface area (Å²) in [5, 5.41) is 3.35. The number of nitrogens with one attached hydrogen (secondary N) is 1. The fourth-order valence-corrected chi connectivity index (χ4v) is 2.31. The van der Waals surface area contributed by atoms with Gasteiger partial charge in [0.1, 0.15) is 0 Å². The van der Waals surface area contributed by atoms with Crippen LogP contribution in [0.3, 0.4) is 0 Å². The number of carbonyl (C=O) groups is 1. The molecule has 1 aliphatic heterocycles. The molecule has 1 amide bonds. The first-order valence-corrected chi connectivity index (χ1v) is 6.77. The molecule has 0 bridgehead atoms. The van der Waals surface area contributed by atoms with Crippen molar-refractivity contribution in [2.45, 2.75) is 45.2 Å². The van der Waals surface area contributed by atoms with E-state index in [0.717, 1.165) is 19.7 Å². The van der Waals surface area contributed by atoms with E-state index in [9.17, 15) is 4.79 Å². The molecule has 0 radical (unpaired) electrons. The lowest BCUT2D eigenvalue weighted by molar-refractivity contribution is -0.133. The third-order valence-corrected chi connectivity index (χ3v) is 3.29. The van der Waals surface area contributed by atoms with Gasteiger partial charge in [-0.05, 0) is 18.8 Å². The summed E-state index contributed by atoms with van der Waals surface area (Å²) in [5.74, 6) is 0.847. The summed E-state index contributed by atoms with van der Waals surface area (Å²) in [6.45, 7) is 7.55. The van der Waals surface area contributed by atoms with Gasteiger partial charge >= 0.3 is 0 Å². The molecule has 2 aliphatic rings. The van der Waals surface area contributed by atoms with Gasteiger partial charge in [-0.1, -0.05) is 13.8 Å². The Labute approximate surface area is 116 Å². The highest BCUT2D eigenvalue weighted by molar-refractivity contribution is 5.85. The SMILES string of the molecule is CC(C)CN(C(=O)CC1COCCN1)C1CC1.Cl. The molecule has 5 heteroatoms. The number of amides is 1. The van der Waals surface area contributed by atoms with Crippen LogP contribution in [0.4, 0.5) is 0 Å². The van der Waals surface area contributed by atoms with E-state index in [1.807, 2.05) is 0 Å². The molecular weight excluding hydrogens is 252 g/mol. The summed E-state index contributed by atoms with van der Waals surface area (Å²) in [4.78, 5) is 14.3. The molecule has 2 rings (SSSR count). The Morgan fingerprint density at radius 3 is 2.67 bits per heavy atom. The van der Waals surface area contributed by atoms with Gasteiger partial charge in [0, 0.05) is 31.6 Å².